The van der Waals surface area contributed by atoms with Gasteiger partial charge >= 0.3 is 0 Å². The van der Waals surface area contributed by atoms with Crippen molar-refractivity contribution in [3.8, 4) is 6.07 Å². The SMILES string of the molecule is CC1C(=O)NC(=O)CN1C(=O)C1(C#N)CCCC1. The van der Waals surface area contributed by atoms with Crippen LogP contribution in [-0.4, -0.2) is 35.2 Å². The Bertz CT molecular complexity index is 446. The first-order chi connectivity index (χ1) is 8.50. The molecule has 3 amide bonds. The lowest BCUT2D eigenvalue weighted by molar-refractivity contribution is -0.153. The molecule has 0 spiro atoms. The van der Waals surface area contributed by atoms with Crippen molar-refractivity contribution in [2.45, 2.75) is 38.6 Å². The Labute approximate surface area is 105 Å². The highest BCUT2D eigenvalue weighted by molar-refractivity contribution is 6.05. The summed E-state index contributed by atoms with van der Waals surface area (Å²) in [6.45, 7) is 1.43. The lowest BCUT2D eigenvalue weighted by atomic mass is 9.85. The number of carbonyl (C=O) groups is 3. The van der Waals surface area contributed by atoms with Crippen molar-refractivity contribution in [3.63, 3.8) is 0 Å². The summed E-state index contributed by atoms with van der Waals surface area (Å²) in [4.78, 5) is 36.5. The third-order valence-corrected chi connectivity index (χ3v) is 3.76. The molecule has 1 saturated carbocycles. The fraction of sp³-hybridized carbons (Fsp3) is 0.667. The van der Waals surface area contributed by atoms with Gasteiger partial charge in [-0.1, -0.05) is 12.8 Å². The van der Waals surface area contributed by atoms with Crippen LogP contribution in [0, 0.1) is 16.7 Å². The fourth-order valence-corrected chi connectivity index (χ4v) is 2.59. The largest absolute Gasteiger partial charge is 0.320 e. The van der Waals surface area contributed by atoms with Crippen LogP contribution in [0.15, 0.2) is 0 Å². The van der Waals surface area contributed by atoms with Gasteiger partial charge < -0.3 is 4.90 Å². The number of hydrogen-bond acceptors (Lipinski definition) is 4. The van der Waals surface area contributed by atoms with Gasteiger partial charge in [-0.3, -0.25) is 19.7 Å². The molecule has 0 bridgehead atoms. The molecule has 2 aliphatic rings. The second-order valence-electron chi connectivity index (χ2n) is 4.92. The maximum absolute atomic E-state index is 12.4. The minimum Gasteiger partial charge on any atom is -0.320 e. The zero-order valence-corrected chi connectivity index (χ0v) is 10.2. The van der Waals surface area contributed by atoms with Crippen LogP contribution in [0.3, 0.4) is 0 Å². The first kappa shape index (κ1) is 12.6. The van der Waals surface area contributed by atoms with E-state index in [2.05, 4.69) is 11.4 Å². The van der Waals surface area contributed by atoms with Gasteiger partial charge in [0.1, 0.15) is 18.0 Å². The summed E-state index contributed by atoms with van der Waals surface area (Å²) in [5.74, 6) is -1.35. The second-order valence-corrected chi connectivity index (χ2v) is 4.92. The van der Waals surface area contributed by atoms with Crippen LogP contribution < -0.4 is 5.32 Å². The van der Waals surface area contributed by atoms with Gasteiger partial charge in [-0.2, -0.15) is 5.26 Å². The fourth-order valence-electron chi connectivity index (χ4n) is 2.59. The first-order valence-corrected chi connectivity index (χ1v) is 6.06. The zero-order valence-electron chi connectivity index (χ0n) is 10.2. The van der Waals surface area contributed by atoms with Gasteiger partial charge in [-0.05, 0) is 19.8 Å². The van der Waals surface area contributed by atoms with Crippen LogP contribution in [0.25, 0.3) is 0 Å². The lowest BCUT2D eigenvalue weighted by Crippen LogP contribution is -2.61. The van der Waals surface area contributed by atoms with E-state index < -0.39 is 23.3 Å². The Balaban J connectivity index is 2.25. The van der Waals surface area contributed by atoms with Crippen LogP contribution >= 0.6 is 0 Å². The Morgan fingerprint density at radius 2 is 2.06 bits per heavy atom. The van der Waals surface area contributed by atoms with Gasteiger partial charge in [0.15, 0.2) is 0 Å². The van der Waals surface area contributed by atoms with Crippen LogP contribution in [0.4, 0.5) is 0 Å². The van der Waals surface area contributed by atoms with E-state index >= 15 is 0 Å². The lowest BCUT2D eigenvalue weighted by Gasteiger charge is -2.35. The molecule has 6 heteroatoms. The standard InChI is InChI=1S/C12H15N3O3/c1-8-10(17)14-9(16)6-15(8)11(18)12(7-13)4-2-3-5-12/h8H,2-6H2,1H3,(H,14,16,17). The molecular weight excluding hydrogens is 234 g/mol. The van der Waals surface area contributed by atoms with Crippen molar-refractivity contribution >= 4 is 17.7 Å². The second kappa shape index (κ2) is 4.41. The number of nitrogens with one attached hydrogen (secondary N) is 1. The molecule has 2 rings (SSSR count). The molecule has 0 aromatic heterocycles. The number of amides is 3. The number of nitriles is 1. The molecular formula is C12H15N3O3. The molecule has 1 atom stereocenters. The van der Waals surface area contributed by atoms with E-state index in [-0.39, 0.29) is 12.5 Å². The van der Waals surface area contributed by atoms with E-state index in [1.807, 2.05) is 0 Å². The number of piperazine rings is 1. The number of nitrogens with zero attached hydrogens (tertiary/aromatic N) is 2. The molecule has 96 valence electrons. The highest BCUT2D eigenvalue weighted by Gasteiger charge is 2.47. The van der Waals surface area contributed by atoms with Crippen LogP contribution in [0.5, 0.6) is 0 Å². The van der Waals surface area contributed by atoms with E-state index in [9.17, 15) is 19.6 Å². The Morgan fingerprint density at radius 1 is 1.44 bits per heavy atom. The summed E-state index contributed by atoms with van der Waals surface area (Å²) in [5, 5.41) is 11.4. The van der Waals surface area contributed by atoms with E-state index in [0.29, 0.717) is 12.8 Å². The summed E-state index contributed by atoms with van der Waals surface area (Å²) >= 11 is 0. The van der Waals surface area contributed by atoms with E-state index in [1.54, 1.807) is 6.92 Å². The average molecular weight is 249 g/mol. The summed E-state index contributed by atoms with van der Waals surface area (Å²) in [6, 6.07) is 1.40. The van der Waals surface area contributed by atoms with Crippen LogP contribution in [-0.2, 0) is 14.4 Å². The monoisotopic (exact) mass is 249 g/mol. The number of imide groups is 1. The third-order valence-electron chi connectivity index (χ3n) is 3.76. The van der Waals surface area contributed by atoms with E-state index in [1.165, 1.54) is 4.90 Å². The van der Waals surface area contributed by atoms with Crippen LogP contribution in [0.2, 0.25) is 0 Å². The molecule has 0 aromatic carbocycles. The van der Waals surface area contributed by atoms with Gasteiger partial charge in [0.2, 0.25) is 17.7 Å². The molecule has 1 heterocycles. The molecule has 6 nitrogen and oxygen atoms in total. The smallest absolute Gasteiger partial charge is 0.249 e. The van der Waals surface area contributed by atoms with Crippen molar-refractivity contribution in [2.24, 2.45) is 5.41 Å². The number of carbonyl (C=O) groups excluding carboxylic acids is 3. The third kappa shape index (κ3) is 1.86. The minimum absolute atomic E-state index is 0.144. The molecule has 1 aliphatic heterocycles. The van der Waals surface area contributed by atoms with Gasteiger partial charge in [0.25, 0.3) is 0 Å². The average Bonchev–Trinajstić information content (AvgIpc) is 2.82. The highest BCUT2D eigenvalue weighted by Crippen LogP contribution is 2.39. The van der Waals surface area contributed by atoms with Crippen molar-refractivity contribution in [2.75, 3.05) is 6.54 Å². The Hall–Kier alpha value is -1.90. The first-order valence-electron chi connectivity index (χ1n) is 6.06. The van der Waals surface area contributed by atoms with E-state index in [0.717, 1.165) is 12.8 Å². The Morgan fingerprint density at radius 3 is 2.61 bits per heavy atom. The Kier molecular flexibility index (Phi) is 3.07. The summed E-state index contributed by atoms with van der Waals surface area (Å²) in [7, 11) is 0. The van der Waals surface area contributed by atoms with Crippen LogP contribution in [0.1, 0.15) is 32.6 Å². The zero-order chi connectivity index (χ0) is 13.3. The predicted molar refractivity (Wildman–Crippen MR) is 60.8 cm³/mol. The molecule has 18 heavy (non-hydrogen) atoms. The van der Waals surface area contributed by atoms with Gasteiger partial charge in [0, 0.05) is 0 Å². The van der Waals surface area contributed by atoms with E-state index in [4.69, 9.17) is 0 Å². The molecule has 0 radical (unpaired) electrons. The maximum Gasteiger partial charge on any atom is 0.249 e. The van der Waals surface area contributed by atoms with Gasteiger partial charge in [-0.15, -0.1) is 0 Å². The maximum atomic E-state index is 12.4. The highest BCUT2D eigenvalue weighted by atomic mass is 16.2. The van der Waals surface area contributed by atoms with Gasteiger partial charge in [0.05, 0.1) is 6.07 Å². The number of hydrogen-bond donors (Lipinski definition) is 1. The summed E-state index contributed by atoms with van der Waals surface area (Å²) in [5.41, 5.74) is -1.04. The van der Waals surface area contributed by atoms with Crippen molar-refractivity contribution in [1.29, 1.82) is 5.26 Å². The molecule has 1 unspecified atom stereocenters. The number of rotatable bonds is 1. The normalized spacial score (nSPS) is 26.7. The van der Waals surface area contributed by atoms with Gasteiger partial charge in [-0.25, -0.2) is 0 Å². The molecule has 1 saturated heterocycles. The van der Waals surface area contributed by atoms with Crippen molar-refractivity contribution in [1.82, 2.24) is 10.2 Å². The van der Waals surface area contributed by atoms with Crippen molar-refractivity contribution < 1.29 is 14.4 Å². The molecule has 0 aromatic rings. The molecule has 2 fully saturated rings. The summed E-state index contributed by atoms with van der Waals surface area (Å²) in [6.07, 6.45) is 2.70. The predicted octanol–water partition coefficient (Wildman–Crippen LogP) is -0.0561. The molecule has 1 N–H and O–H groups in total. The topological polar surface area (TPSA) is 90.3 Å². The molecule has 1 aliphatic carbocycles. The van der Waals surface area contributed by atoms with Crippen molar-refractivity contribution in [3.05, 3.63) is 0 Å². The summed E-state index contributed by atoms with van der Waals surface area (Å²) < 4.78 is 0. The quantitative estimate of drug-likeness (QED) is 0.659. The minimum atomic E-state index is -1.04.